The molecule has 2 amide bonds. The van der Waals surface area contributed by atoms with Gasteiger partial charge in [0.1, 0.15) is 17.5 Å². The van der Waals surface area contributed by atoms with E-state index >= 15 is 0 Å². The summed E-state index contributed by atoms with van der Waals surface area (Å²) in [5.74, 6) is -3.46. The summed E-state index contributed by atoms with van der Waals surface area (Å²) in [6, 6.07) is 1.88. The van der Waals surface area contributed by atoms with Crippen LogP contribution in [0.1, 0.15) is 23.2 Å². The Labute approximate surface area is 113 Å². The predicted molar refractivity (Wildman–Crippen MR) is 67.1 cm³/mol. The number of benzene rings is 1. The Balaban J connectivity index is 2.79. The third-order valence-electron chi connectivity index (χ3n) is 2.45. The molecule has 0 aliphatic heterocycles. The average Bonchev–Trinajstić information content (AvgIpc) is 2.32. The summed E-state index contributed by atoms with van der Waals surface area (Å²) in [6.07, 6.45) is -0.344. The summed E-state index contributed by atoms with van der Waals surface area (Å²) < 4.78 is 0. The highest BCUT2D eigenvalue weighted by Crippen LogP contribution is 2.20. The Morgan fingerprint density at radius 3 is 2.15 bits per heavy atom. The number of phenols is 2. The lowest BCUT2D eigenvalue weighted by Gasteiger charge is -2.14. The number of aliphatic carboxylic acids is 1. The van der Waals surface area contributed by atoms with Gasteiger partial charge >= 0.3 is 5.97 Å². The van der Waals surface area contributed by atoms with Crippen LogP contribution in [0.15, 0.2) is 18.2 Å². The van der Waals surface area contributed by atoms with E-state index in [1.165, 1.54) is 0 Å². The zero-order valence-electron chi connectivity index (χ0n) is 10.4. The monoisotopic (exact) mass is 282 g/mol. The van der Waals surface area contributed by atoms with Crippen molar-refractivity contribution in [2.45, 2.75) is 18.9 Å². The molecule has 1 aromatic carbocycles. The van der Waals surface area contributed by atoms with E-state index in [4.69, 9.17) is 10.8 Å². The van der Waals surface area contributed by atoms with Crippen LogP contribution in [0.4, 0.5) is 0 Å². The highest BCUT2D eigenvalue weighted by Gasteiger charge is 2.21. The van der Waals surface area contributed by atoms with Gasteiger partial charge in [0.25, 0.3) is 5.91 Å². The first kappa shape index (κ1) is 15.3. The molecular weight excluding hydrogens is 268 g/mol. The number of rotatable bonds is 6. The van der Waals surface area contributed by atoms with Gasteiger partial charge in [0.05, 0.1) is 0 Å². The second-order valence-electron chi connectivity index (χ2n) is 4.11. The third kappa shape index (κ3) is 4.48. The van der Waals surface area contributed by atoms with E-state index in [0.29, 0.717) is 0 Å². The molecule has 6 N–H and O–H groups in total. The Morgan fingerprint density at radius 2 is 1.70 bits per heavy atom. The van der Waals surface area contributed by atoms with Gasteiger partial charge in [0.15, 0.2) is 0 Å². The summed E-state index contributed by atoms with van der Waals surface area (Å²) in [4.78, 5) is 33.4. The number of nitrogens with two attached hydrogens (primary N) is 1. The molecule has 108 valence electrons. The van der Waals surface area contributed by atoms with Gasteiger partial charge in [-0.05, 0) is 18.6 Å². The maximum absolute atomic E-state index is 11.8. The highest BCUT2D eigenvalue weighted by atomic mass is 16.4. The number of aromatic hydroxyl groups is 2. The number of amides is 2. The largest absolute Gasteiger partial charge is 0.508 e. The number of primary amides is 1. The normalized spacial score (nSPS) is 11.6. The van der Waals surface area contributed by atoms with Crippen LogP contribution < -0.4 is 11.1 Å². The summed E-state index contributed by atoms with van der Waals surface area (Å²) in [5, 5.41) is 29.6. The van der Waals surface area contributed by atoms with Crippen LogP contribution in [0.2, 0.25) is 0 Å². The van der Waals surface area contributed by atoms with E-state index in [1.807, 2.05) is 0 Å². The van der Waals surface area contributed by atoms with Crippen molar-refractivity contribution in [3.05, 3.63) is 23.8 Å². The molecule has 20 heavy (non-hydrogen) atoms. The fourth-order valence-corrected chi connectivity index (χ4v) is 1.51. The molecule has 8 nitrogen and oxygen atoms in total. The van der Waals surface area contributed by atoms with Gasteiger partial charge in [-0.15, -0.1) is 0 Å². The Morgan fingerprint density at radius 1 is 1.15 bits per heavy atom. The van der Waals surface area contributed by atoms with E-state index in [0.717, 1.165) is 18.2 Å². The topological polar surface area (TPSA) is 150 Å². The minimum atomic E-state index is -1.32. The van der Waals surface area contributed by atoms with E-state index in [9.17, 15) is 24.6 Å². The number of hydrogen-bond acceptors (Lipinski definition) is 5. The van der Waals surface area contributed by atoms with Crippen LogP contribution >= 0.6 is 0 Å². The zero-order valence-corrected chi connectivity index (χ0v) is 10.4. The predicted octanol–water partition coefficient (Wildman–Crippen LogP) is -0.454. The quantitative estimate of drug-likeness (QED) is 0.476. The van der Waals surface area contributed by atoms with E-state index in [-0.39, 0.29) is 29.9 Å². The van der Waals surface area contributed by atoms with Crippen molar-refractivity contribution in [1.82, 2.24) is 5.32 Å². The first-order valence-corrected chi connectivity index (χ1v) is 5.64. The highest BCUT2D eigenvalue weighted by molar-refractivity contribution is 5.97. The average molecular weight is 282 g/mol. The lowest BCUT2D eigenvalue weighted by Crippen LogP contribution is -2.41. The molecule has 0 saturated carbocycles. The molecule has 1 aromatic rings. The molecule has 0 saturated heterocycles. The minimum absolute atomic E-state index is 0.104. The molecule has 0 spiro atoms. The van der Waals surface area contributed by atoms with Gasteiger partial charge in [0.2, 0.25) is 5.91 Å². The number of carboxylic acid groups (broad SMARTS) is 1. The fourth-order valence-electron chi connectivity index (χ4n) is 1.51. The molecular formula is C12H14N2O6. The summed E-state index contributed by atoms with van der Waals surface area (Å²) in [7, 11) is 0. The van der Waals surface area contributed by atoms with Crippen molar-refractivity contribution in [3.8, 4) is 11.5 Å². The number of phenolic OH excluding ortho intramolecular Hbond substituents is 2. The molecule has 0 aliphatic rings. The number of hydrogen-bond donors (Lipinski definition) is 5. The zero-order chi connectivity index (χ0) is 15.3. The van der Waals surface area contributed by atoms with Crippen LogP contribution in [0, 0.1) is 0 Å². The summed E-state index contributed by atoms with van der Waals surface area (Å²) in [5.41, 5.74) is 4.81. The minimum Gasteiger partial charge on any atom is -0.508 e. The third-order valence-corrected chi connectivity index (χ3v) is 2.45. The molecule has 1 atom stereocenters. The molecule has 0 aromatic heterocycles. The van der Waals surface area contributed by atoms with Crippen LogP contribution in [0.3, 0.4) is 0 Å². The second-order valence-corrected chi connectivity index (χ2v) is 4.11. The van der Waals surface area contributed by atoms with Gasteiger partial charge in [0, 0.05) is 18.1 Å². The van der Waals surface area contributed by atoms with Crippen LogP contribution in [-0.2, 0) is 9.59 Å². The first-order valence-electron chi connectivity index (χ1n) is 5.64. The Kier molecular flexibility index (Phi) is 4.90. The fraction of sp³-hybridized carbons (Fsp3) is 0.250. The van der Waals surface area contributed by atoms with Crippen molar-refractivity contribution >= 4 is 17.8 Å². The Bertz CT molecular complexity index is 522. The maximum atomic E-state index is 11.8. The molecule has 0 bridgehead atoms. The van der Waals surface area contributed by atoms with Crippen LogP contribution in [-0.4, -0.2) is 39.1 Å². The number of carbonyl (C=O) groups excluding carboxylic acids is 2. The van der Waals surface area contributed by atoms with E-state index in [2.05, 4.69) is 5.32 Å². The molecule has 8 heteroatoms. The summed E-state index contributed by atoms with van der Waals surface area (Å²) >= 11 is 0. The molecule has 0 heterocycles. The molecule has 1 rings (SSSR count). The standard InChI is InChI=1S/C12H14N2O6/c13-10(17)2-1-9(12(19)20)14-11(18)6-3-7(15)5-8(16)4-6/h3-5,9,15-16H,1-2H2,(H2,13,17)(H,14,18)(H,19,20)/t9-/m1/s1. The molecule has 0 unspecified atom stereocenters. The smallest absolute Gasteiger partial charge is 0.326 e. The van der Waals surface area contributed by atoms with Crippen molar-refractivity contribution in [2.75, 3.05) is 0 Å². The van der Waals surface area contributed by atoms with Gasteiger partial charge in [-0.2, -0.15) is 0 Å². The molecule has 0 radical (unpaired) electrons. The van der Waals surface area contributed by atoms with Crippen molar-refractivity contribution in [3.63, 3.8) is 0 Å². The summed E-state index contributed by atoms with van der Waals surface area (Å²) in [6.45, 7) is 0. The van der Waals surface area contributed by atoms with Crippen molar-refractivity contribution < 1.29 is 29.7 Å². The number of carboxylic acids is 1. The Hall–Kier alpha value is -2.77. The van der Waals surface area contributed by atoms with Crippen molar-refractivity contribution in [2.24, 2.45) is 5.73 Å². The number of carbonyl (C=O) groups is 3. The molecule has 0 aliphatic carbocycles. The second kappa shape index (κ2) is 6.41. The SMILES string of the molecule is NC(=O)CC[C@@H](NC(=O)c1cc(O)cc(O)c1)C(=O)O. The number of nitrogens with one attached hydrogen (secondary N) is 1. The maximum Gasteiger partial charge on any atom is 0.326 e. The van der Waals surface area contributed by atoms with Gasteiger partial charge < -0.3 is 26.4 Å². The first-order chi connectivity index (χ1) is 9.29. The van der Waals surface area contributed by atoms with Crippen LogP contribution in [0.25, 0.3) is 0 Å². The van der Waals surface area contributed by atoms with Crippen molar-refractivity contribution in [1.29, 1.82) is 0 Å². The molecule has 0 fully saturated rings. The van der Waals surface area contributed by atoms with Gasteiger partial charge in [-0.3, -0.25) is 9.59 Å². The van der Waals surface area contributed by atoms with Crippen LogP contribution in [0.5, 0.6) is 11.5 Å². The van der Waals surface area contributed by atoms with E-state index in [1.54, 1.807) is 0 Å². The van der Waals surface area contributed by atoms with E-state index < -0.39 is 23.8 Å². The lowest BCUT2D eigenvalue weighted by atomic mass is 10.1. The lowest BCUT2D eigenvalue weighted by molar-refractivity contribution is -0.139. The van der Waals surface area contributed by atoms with Gasteiger partial charge in [-0.25, -0.2) is 4.79 Å². The van der Waals surface area contributed by atoms with Gasteiger partial charge in [-0.1, -0.05) is 0 Å².